The fourth-order valence-corrected chi connectivity index (χ4v) is 11.3. The van der Waals surface area contributed by atoms with Gasteiger partial charge in [-0.1, -0.05) is 220 Å². The Morgan fingerprint density at radius 2 is 0.702 bits per heavy atom. The normalized spacial score (nSPS) is 11.6. The number of carbonyl (C=O) groups excluding carboxylic acids is 1. The summed E-state index contributed by atoms with van der Waals surface area (Å²) in [7, 11) is -2.26. The van der Waals surface area contributed by atoms with Crippen LogP contribution in [0.5, 0.6) is 0 Å². The van der Waals surface area contributed by atoms with Gasteiger partial charge in [-0.2, -0.15) is 0 Å². The predicted octanol–water partition coefficient (Wildman–Crippen LogP) is 14.7. The van der Waals surface area contributed by atoms with Gasteiger partial charge >= 0.3 is 5.97 Å². The van der Waals surface area contributed by atoms with E-state index in [0.29, 0.717) is 0 Å². The third kappa shape index (κ3) is 30.7. The third-order valence-corrected chi connectivity index (χ3v) is 14.7. The Bertz CT molecular complexity index is 662. The minimum atomic E-state index is -2.26. The number of carboxylic acid groups (broad SMARTS) is 1. The summed E-state index contributed by atoms with van der Waals surface area (Å²) >= 11 is 0. The van der Waals surface area contributed by atoms with Crippen LogP contribution in [-0.2, 0) is 14.0 Å². The number of hydrogen-bond donors (Lipinski definition) is 1. The topological polar surface area (TPSA) is 63.6 Å². The minimum absolute atomic E-state index is 0.105. The summed E-state index contributed by atoms with van der Waals surface area (Å²) in [6.45, 7) is 10.5. The van der Waals surface area contributed by atoms with Crippen LogP contribution < -0.4 is 0 Å². The van der Waals surface area contributed by atoms with E-state index in [0.717, 1.165) is 18.1 Å². The molecule has 0 saturated carbocycles. The Hall–Kier alpha value is -1.10. The van der Waals surface area contributed by atoms with Crippen molar-refractivity contribution in [2.24, 2.45) is 0 Å². The molecule has 1 N–H and O–H groups in total. The highest BCUT2D eigenvalue weighted by atomic mass is 28.4. The number of aliphatic carboxylic acids is 1. The van der Waals surface area contributed by atoms with Gasteiger partial charge in [0.2, 0.25) is 0 Å². The molecule has 5 heteroatoms. The smallest absolute Gasteiger partial charge is 0.330 e. The second-order valence-electron chi connectivity index (χ2n) is 14.9. The molecule has 47 heavy (non-hydrogen) atoms. The fourth-order valence-electron chi connectivity index (χ4n) is 6.98. The van der Waals surface area contributed by atoms with Crippen LogP contribution in [-0.4, -0.2) is 25.4 Å². The Morgan fingerprint density at radius 1 is 0.447 bits per heavy atom. The molecule has 0 bridgehead atoms. The lowest BCUT2D eigenvalue weighted by atomic mass is 10.1. The standard InChI is InChI=1S/C42H82O4Si/c1-5-8-11-14-17-20-23-26-29-32-37-47(46-41(43)36-35-40(4)42(44)45,38-33-30-27-24-21-18-15-12-9-6-2)39-34-31-28-25-22-19-16-13-10-7-3/h4-39H2,1-3H3,(H,44,45). The van der Waals surface area contributed by atoms with Crippen molar-refractivity contribution < 1.29 is 19.1 Å². The molecule has 0 amide bonds. The molecule has 0 spiro atoms. The first-order chi connectivity index (χ1) is 22.9. The van der Waals surface area contributed by atoms with Crippen LogP contribution in [0.1, 0.15) is 226 Å². The highest BCUT2D eigenvalue weighted by Crippen LogP contribution is 2.32. The molecule has 0 heterocycles. The molecule has 0 unspecified atom stereocenters. The zero-order valence-corrected chi connectivity index (χ0v) is 33.1. The molecule has 0 aliphatic rings. The lowest BCUT2D eigenvalue weighted by Gasteiger charge is -2.32. The van der Waals surface area contributed by atoms with Gasteiger partial charge in [-0.25, -0.2) is 4.79 Å². The van der Waals surface area contributed by atoms with Gasteiger partial charge in [0, 0.05) is 12.0 Å². The van der Waals surface area contributed by atoms with Crippen molar-refractivity contribution in [2.75, 3.05) is 0 Å². The number of carbonyl (C=O) groups is 2. The molecule has 0 aromatic rings. The maximum absolute atomic E-state index is 13.2. The maximum Gasteiger partial charge on any atom is 0.330 e. The zero-order chi connectivity index (χ0) is 34.7. The first kappa shape index (κ1) is 45.9. The largest absolute Gasteiger partial charge is 0.519 e. The van der Waals surface area contributed by atoms with Crippen molar-refractivity contribution in [3.63, 3.8) is 0 Å². The molecule has 0 fully saturated rings. The van der Waals surface area contributed by atoms with E-state index in [9.17, 15) is 14.7 Å². The number of unbranched alkanes of at least 4 members (excludes halogenated alkanes) is 27. The molecule has 4 nitrogen and oxygen atoms in total. The average Bonchev–Trinajstić information content (AvgIpc) is 3.06. The van der Waals surface area contributed by atoms with E-state index in [2.05, 4.69) is 27.4 Å². The summed E-state index contributed by atoms with van der Waals surface area (Å²) in [4.78, 5) is 24.5. The summed E-state index contributed by atoms with van der Waals surface area (Å²) in [6, 6.07) is 3.26. The van der Waals surface area contributed by atoms with Gasteiger partial charge in [-0.3, -0.25) is 4.79 Å². The lowest BCUT2D eigenvalue weighted by molar-refractivity contribution is -0.135. The Labute approximate surface area is 295 Å². The Kier molecular flexibility index (Phi) is 33.9. The molecular formula is C42H82O4Si. The quantitative estimate of drug-likeness (QED) is 0.0401. The van der Waals surface area contributed by atoms with Crippen molar-refractivity contribution in [3.8, 4) is 0 Å². The fraction of sp³-hybridized carbons (Fsp3) is 0.905. The number of rotatable bonds is 38. The van der Waals surface area contributed by atoms with Crippen LogP contribution in [0.3, 0.4) is 0 Å². The Morgan fingerprint density at radius 3 is 0.957 bits per heavy atom. The van der Waals surface area contributed by atoms with Crippen molar-refractivity contribution in [1.29, 1.82) is 0 Å². The van der Waals surface area contributed by atoms with Gasteiger partial charge in [-0.15, -0.1) is 0 Å². The SMILES string of the molecule is C=C(CCC(=O)O[Si](CCCCCCCCCCCC)(CCCCCCCCCCCC)CCCCCCCCCCCC)C(=O)O. The van der Waals surface area contributed by atoms with E-state index in [1.54, 1.807) is 0 Å². The number of carboxylic acids is 1. The highest BCUT2D eigenvalue weighted by molar-refractivity contribution is 6.75. The molecule has 0 aliphatic heterocycles. The van der Waals surface area contributed by atoms with E-state index >= 15 is 0 Å². The van der Waals surface area contributed by atoms with Crippen molar-refractivity contribution in [3.05, 3.63) is 12.2 Å². The van der Waals surface area contributed by atoms with Crippen LogP contribution in [0.4, 0.5) is 0 Å². The number of hydrogen-bond acceptors (Lipinski definition) is 3. The molecule has 0 aromatic carbocycles. The van der Waals surface area contributed by atoms with Gasteiger partial charge in [-0.05, 0) is 24.6 Å². The van der Waals surface area contributed by atoms with E-state index in [1.807, 2.05) is 0 Å². The van der Waals surface area contributed by atoms with Gasteiger partial charge < -0.3 is 9.53 Å². The second kappa shape index (κ2) is 34.7. The van der Waals surface area contributed by atoms with E-state index < -0.39 is 14.3 Å². The first-order valence-electron chi connectivity index (χ1n) is 21.0. The van der Waals surface area contributed by atoms with Crippen molar-refractivity contribution >= 4 is 20.3 Å². The molecule has 0 rings (SSSR count). The highest BCUT2D eigenvalue weighted by Gasteiger charge is 2.37. The maximum atomic E-state index is 13.2. The molecule has 0 aromatic heterocycles. The molecule has 278 valence electrons. The van der Waals surface area contributed by atoms with Crippen LogP contribution >= 0.6 is 0 Å². The van der Waals surface area contributed by atoms with E-state index in [-0.39, 0.29) is 24.4 Å². The molecular weight excluding hydrogens is 597 g/mol. The predicted molar refractivity (Wildman–Crippen MR) is 208 cm³/mol. The molecule has 0 radical (unpaired) electrons. The molecule has 0 saturated heterocycles. The zero-order valence-electron chi connectivity index (χ0n) is 32.1. The van der Waals surface area contributed by atoms with Crippen LogP contribution in [0, 0.1) is 0 Å². The van der Waals surface area contributed by atoms with Gasteiger partial charge in [0.05, 0.1) is 0 Å². The van der Waals surface area contributed by atoms with Gasteiger partial charge in [0.25, 0.3) is 14.3 Å². The third-order valence-electron chi connectivity index (χ3n) is 10.2. The van der Waals surface area contributed by atoms with Crippen LogP contribution in [0.25, 0.3) is 0 Å². The summed E-state index contributed by atoms with van der Waals surface area (Å²) in [6.07, 6.45) is 39.9. The summed E-state index contributed by atoms with van der Waals surface area (Å²) in [5.41, 5.74) is 0.105. The van der Waals surface area contributed by atoms with E-state index in [4.69, 9.17) is 4.43 Å². The van der Waals surface area contributed by atoms with Crippen LogP contribution in [0.15, 0.2) is 12.2 Å². The lowest BCUT2D eigenvalue weighted by Crippen LogP contribution is -2.40. The van der Waals surface area contributed by atoms with Crippen LogP contribution in [0.2, 0.25) is 18.1 Å². The van der Waals surface area contributed by atoms with Crippen molar-refractivity contribution in [1.82, 2.24) is 0 Å². The van der Waals surface area contributed by atoms with Gasteiger partial charge in [0.15, 0.2) is 0 Å². The van der Waals surface area contributed by atoms with E-state index in [1.165, 1.54) is 193 Å². The summed E-state index contributed by atoms with van der Waals surface area (Å²) in [5, 5.41) is 9.26. The van der Waals surface area contributed by atoms with Gasteiger partial charge in [0.1, 0.15) is 0 Å². The summed E-state index contributed by atoms with van der Waals surface area (Å²) in [5.74, 6) is -1.19. The molecule has 0 aliphatic carbocycles. The van der Waals surface area contributed by atoms with Crippen molar-refractivity contribution in [2.45, 2.75) is 244 Å². The first-order valence-corrected chi connectivity index (χ1v) is 23.6. The minimum Gasteiger partial charge on any atom is -0.519 e. The summed E-state index contributed by atoms with van der Waals surface area (Å²) < 4.78 is 6.58. The second-order valence-corrected chi connectivity index (χ2v) is 18.9. The Balaban J connectivity index is 5.07. The monoisotopic (exact) mass is 679 g/mol. The molecule has 0 atom stereocenters. The average molecular weight is 679 g/mol.